The Morgan fingerprint density at radius 2 is 2.62 bits per heavy atom. The van der Waals surface area contributed by atoms with Gasteiger partial charge in [-0.3, -0.25) is 0 Å². The van der Waals surface area contributed by atoms with E-state index in [-0.39, 0.29) is 0 Å². The van der Waals surface area contributed by atoms with Gasteiger partial charge in [-0.25, -0.2) is 4.98 Å². The summed E-state index contributed by atoms with van der Waals surface area (Å²) in [7, 11) is 0. The average molecular weight is 243 g/mol. The van der Waals surface area contributed by atoms with E-state index in [9.17, 15) is 0 Å². The third-order valence-corrected chi connectivity index (χ3v) is 1.43. The topological polar surface area (TPSA) is 26.0 Å². The van der Waals surface area contributed by atoms with Gasteiger partial charge in [0.25, 0.3) is 3.90 Å². The van der Waals surface area contributed by atoms with Crippen LogP contribution in [0.2, 0.25) is 0 Å². The fourth-order valence-corrected chi connectivity index (χ4v) is 0.903. The molecule has 44 valence electrons. The van der Waals surface area contributed by atoms with Crippen LogP contribution in [0.3, 0.4) is 0 Å². The molecule has 0 saturated carbocycles. The maximum Gasteiger partial charge on any atom is 0.257 e. The first-order chi connectivity index (χ1) is 3.83. The van der Waals surface area contributed by atoms with E-state index in [0.29, 0.717) is 9.78 Å². The van der Waals surface area contributed by atoms with Crippen LogP contribution in [0.15, 0.2) is 10.7 Å². The Hall–Kier alpha value is 0.230. The molecule has 0 spiro atoms. The first kappa shape index (κ1) is 6.35. The van der Waals surface area contributed by atoms with Crippen molar-refractivity contribution in [1.82, 2.24) is 4.98 Å². The standard InChI is InChI=1S/C4H3ClINO/c5-1-3-2-8-4(6)7-3/h2H,1H2. The van der Waals surface area contributed by atoms with Gasteiger partial charge in [-0.1, -0.05) is 0 Å². The van der Waals surface area contributed by atoms with E-state index in [1.807, 2.05) is 22.6 Å². The van der Waals surface area contributed by atoms with Gasteiger partial charge in [0.2, 0.25) is 0 Å². The maximum atomic E-state index is 5.41. The number of nitrogens with zero attached hydrogens (tertiary/aromatic N) is 1. The number of rotatable bonds is 1. The molecule has 1 rings (SSSR count). The van der Waals surface area contributed by atoms with Crippen molar-refractivity contribution in [2.75, 3.05) is 0 Å². The van der Waals surface area contributed by atoms with Gasteiger partial charge < -0.3 is 4.42 Å². The van der Waals surface area contributed by atoms with Crippen molar-refractivity contribution in [2.45, 2.75) is 5.88 Å². The number of hydrogen-bond donors (Lipinski definition) is 0. The molecule has 2 nitrogen and oxygen atoms in total. The molecule has 1 heterocycles. The highest BCUT2D eigenvalue weighted by molar-refractivity contribution is 14.1. The van der Waals surface area contributed by atoms with Crippen LogP contribution in [0.25, 0.3) is 0 Å². The maximum absolute atomic E-state index is 5.41. The van der Waals surface area contributed by atoms with Gasteiger partial charge in [0.1, 0.15) is 6.26 Å². The number of halogens is 2. The van der Waals surface area contributed by atoms with Crippen molar-refractivity contribution in [3.8, 4) is 0 Å². The lowest BCUT2D eigenvalue weighted by atomic mass is 10.6. The summed E-state index contributed by atoms with van der Waals surface area (Å²) in [5.41, 5.74) is 0.788. The van der Waals surface area contributed by atoms with Crippen molar-refractivity contribution in [3.05, 3.63) is 15.9 Å². The number of oxazole rings is 1. The molecule has 8 heavy (non-hydrogen) atoms. The Morgan fingerprint density at radius 3 is 2.88 bits per heavy atom. The van der Waals surface area contributed by atoms with Crippen LogP contribution in [0, 0.1) is 3.90 Å². The van der Waals surface area contributed by atoms with Crippen molar-refractivity contribution >= 4 is 34.2 Å². The molecule has 0 atom stereocenters. The van der Waals surface area contributed by atoms with Crippen LogP contribution in [-0.2, 0) is 5.88 Å². The zero-order chi connectivity index (χ0) is 5.98. The summed E-state index contributed by atoms with van der Waals surface area (Å²) < 4.78 is 5.48. The van der Waals surface area contributed by atoms with E-state index in [1.165, 1.54) is 0 Å². The number of alkyl halides is 1. The number of hydrogen-bond acceptors (Lipinski definition) is 2. The van der Waals surface area contributed by atoms with Crippen molar-refractivity contribution in [3.63, 3.8) is 0 Å². The Morgan fingerprint density at radius 1 is 1.88 bits per heavy atom. The normalized spacial score (nSPS) is 9.75. The molecule has 0 radical (unpaired) electrons. The van der Waals surface area contributed by atoms with Crippen LogP contribution in [-0.4, -0.2) is 4.98 Å². The predicted molar refractivity (Wildman–Crippen MR) is 38.8 cm³/mol. The lowest BCUT2D eigenvalue weighted by Gasteiger charge is -1.74. The fraction of sp³-hybridized carbons (Fsp3) is 0.250. The highest BCUT2D eigenvalue weighted by atomic mass is 127. The highest BCUT2D eigenvalue weighted by Gasteiger charge is 1.95. The SMILES string of the molecule is ClCc1coc(I)n1. The quantitative estimate of drug-likeness (QED) is 0.557. The van der Waals surface area contributed by atoms with Crippen LogP contribution in [0.1, 0.15) is 5.69 Å². The fourth-order valence-electron chi connectivity index (χ4n) is 0.344. The summed E-state index contributed by atoms with van der Waals surface area (Å²) in [5, 5.41) is 0. The molecule has 0 amide bonds. The second kappa shape index (κ2) is 2.68. The van der Waals surface area contributed by atoms with Gasteiger partial charge in [0, 0.05) is 22.6 Å². The van der Waals surface area contributed by atoms with Crippen molar-refractivity contribution in [1.29, 1.82) is 0 Å². The average Bonchev–Trinajstić information content (AvgIpc) is 2.14. The van der Waals surface area contributed by atoms with E-state index < -0.39 is 0 Å². The van der Waals surface area contributed by atoms with Crippen molar-refractivity contribution in [2.24, 2.45) is 0 Å². The minimum absolute atomic E-state index is 0.423. The Kier molecular flexibility index (Phi) is 2.13. The predicted octanol–water partition coefficient (Wildman–Crippen LogP) is 2.02. The highest BCUT2D eigenvalue weighted by Crippen LogP contribution is 2.05. The molecular formula is C4H3ClINO. The molecular weight excluding hydrogens is 240 g/mol. The number of aromatic nitrogens is 1. The molecule has 0 fully saturated rings. The largest absolute Gasteiger partial charge is 0.440 e. The molecule has 0 aliphatic rings. The van der Waals surface area contributed by atoms with Crippen LogP contribution >= 0.6 is 34.2 Å². The van der Waals surface area contributed by atoms with E-state index in [1.54, 1.807) is 6.26 Å². The summed E-state index contributed by atoms with van der Waals surface area (Å²) in [6, 6.07) is 0. The van der Waals surface area contributed by atoms with Gasteiger partial charge in [-0.05, 0) is 0 Å². The van der Waals surface area contributed by atoms with E-state index in [4.69, 9.17) is 16.0 Å². The third-order valence-electron chi connectivity index (χ3n) is 0.661. The van der Waals surface area contributed by atoms with Gasteiger partial charge in [0.15, 0.2) is 0 Å². The summed E-state index contributed by atoms with van der Waals surface area (Å²) >= 11 is 7.40. The van der Waals surface area contributed by atoms with Gasteiger partial charge in [-0.2, -0.15) is 0 Å². The van der Waals surface area contributed by atoms with Crippen LogP contribution < -0.4 is 0 Å². The first-order valence-corrected chi connectivity index (χ1v) is 3.60. The van der Waals surface area contributed by atoms with Crippen LogP contribution in [0.4, 0.5) is 0 Å². The van der Waals surface area contributed by atoms with Crippen molar-refractivity contribution < 1.29 is 4.42 Å². The van der Waals surface area contributed by atoms with E-state index in [0.717, 1.165) is 5.69 Å². The second-order valence-electron chi connectivity index (χ2n) is 1.23. The molecule has 0 aliphatic carbocycles. The zero-order valence-electron chi connectivity index (χ0n) is 3.90. The van der Waals surface area contributed by atoms with E-state index >= 15 is 0 Å². The molecule has 1 aromatic heterocycles. The molecule has 1 aromatic rings. The third kappa shape index (κ3) is 1.35. The summed E-state index contributed by atoms with van der Waals surface area (Å²) in [6.07, 6.45) is 1.55. The zero-order valence-corrected chi connectivity index (χ0v) is 6.81. The first-order valence-electron chi connectivity index (χ1n) is 1.99. The van der Waals surface area contributed by atoms with Gasteiger partial charge in [0.05, 0.1) is 11.6 Å². The summed E-state index contributed by atoms with van der Waals surface area (Å²) in [5.74, 6) is 0.423. The summed E-state index contributed by atoms with van der Waals surface area (Å²) in [4.78, 5) is 3.92. The molecule has 0 aliphatic heterocycles. The molecule has 0 unspecified atom stereocenters. The van der Waals surface area contributed by atoms with Crippen LogP contribution in [0.5, 0.6) is 0 Å². The monoisotopic (exact) mass is 243 g/mol. The van der Waals surface area contributed by atoms with Gasteiger partial charge in [-0.15, -0.1) is 11.6 Å². The summed E-state index contributed by atoms with van der Waals surface area (Å²) in [6.45, 7) is 0. The molecule has 4 heteroatoms. The smallest absolute Gasteiger partial charge is 0.257 e. The molecule has 0 saturated heterocycles. The Bertz CT molecular complexity index is 176. The second-order valence-corrected chi connectivity index (χ2v) is 2.42. The lowest BCUT2D eigenvalue weighted by Crippen LogP contribution is -1.73. The molecule has 0 bridgehead atoms. The van der Waals surface area contributed by atoms with E-state index in [2.05, 4.69) is 4.98 Å². The molecule has 0 N–H and O–H groups in total. The molecule has 0 aromatic carbocycles. The minimum Gasteiger partial charge on any atom is -0.440 e. The Balaban J connectivity index is 2.84. The lowest BCUT2D eigenvalue weighted by molar-refractivity contribution is 0.524. The van der Waals surface area contributed by atoms with Gasteiger partial charge >= 0.3 is 0 Å². The minimum atomic E-state index is 0.423. The Labute approximate surface area is 65.4 Å².